The Labute approximate surface area is 189 Å². The Morgan fingerprint density at radius 1 is 1.12 bits per heavy atom. The molecular weight excluding hydrogens is 432 g/mol. The number of anilines is 1. The van der Waals surface area contributed by atoms with Gasteiger partial charge in [0.25, 0.3) is 0 Å². The number of hydrogen-bond donors (Lipinski definition) is 3. The van der Waals surface area contributed by atoms with Crippen molar-refractivity contribution < 1.29 is 19.2 Å². The van der Waals surface area contributed by atoms with Crippen LogP contribution in [0.25, 0.3) is 0 Å². The lowest BCUT2D eigenvalue weighted by atomic mass is 9.76. The number of aryl methyl sites for hydroxylation is 1. The van der Waals surface area contributed by atoms with E-state index in [9.17, 15) is 19.2 Å². The number of rotatable bonds is 4. The fraction of sp³-hybridized carbons (Fsp3) is 0.304. The van der Waals surface area contributed by atoms with Crippen molar-refractivity contribution in [3.63, 3.8) is 0 Å². The van der Waals surface area contributed by atoms with Gasteiger partial charge in [0.05, 0.1) is 18.4 Å². The molecule has 5 rings (SSSR count). The first kappa shape index (κ1) is 20.7. The number of amides is 4. The molecular formula is C23H21ClN4O4. The predicted molar refractivity (Wildman–Crippen MR) is 116 cm³/mol. The van der Waals surface area contributed by atoms with Crippen LogP contribution in [0.15, 0.2) is 42.5 Å². The summed E-state index contributed by atoms with van der Waals surface area (Å²) in [4.78, 5) is 53.4. The number of nitrogens with zero attached hydrogens (tertiary/aromatic N) is 1. The van der Waals surface area contributed by atoms with Crippen molar-refractivity contribution in [2.75, 3.05) is 5.32 Å². The van der Waals surface area contributed by atoms with E-state index in [-0.39, 0.29) is 13.0 Å². The molecule has 0 aromatic heterocycles. The molecule has 4 atom stereocenters. The molecule has 32 heavy (non-hydrogen) atoms. The molecule has 4 unspecified atom stereocenters. The van der Waals surface area contributed by atoms with Crippen LogP contribution in [0.3, 0.4) is 0 Å². The van der Waals surface area contributed by atoms with Gasteiger partial charge in [0.2, 0.25) is 23.6 Å². The summed E-state index contributed by atoms with van der Waals surface area (Å²) in [6.07, 6.45) is -0.170. The van der Waals surface area contributed by atoms with E-state index in [4.69, 9.17) is 17.3 Å². The van der Waals surface area contributed by atoms with Crippen molar-refractivity contribution in [3.05, 3.63) is 64.2 Å². The van der Waals surface area contributed by atoms with Gasteiger partial charge in [0, 0.05) is 28.7 Å². The molecule has 164 valence electrons. The minimum atomic E-state index is -1.45. The maximum Gasteiger partial charge on any atom is 0.250 e. The minimum Gasteiger partial charge on any atom is -0.370 e. The molecule has 8 nitrogen and oxygen atoms in total. The van der Waals surface area contributed by atoms with Gasteiger partial charge in [-0.3, -0.25) is 29.4 Å². The number of carbonyl (C=O) groups is 4. The average Bonchev–Trinajstić information content (AvgIpc) is 3.31. The van der Waals surface area contributed by atoms with Gasteiger partial charge in [-0.25, -0.2) is 0 Å². The van der Waals surface area contributed by atoms with E-state index >= 15 is 0 Å². The third-order valence-electron chi connectivity index (χ3n) is 6.76. The van der Waals surface area contributed by atoms with Crippen LogP contribution in [0.2, 0.25) is 5.02 Å². The Morgan fingerprint density at radius 2 is 1.88 bits per heavy atom. The number of fused-ring (bicyclic) bond motifs is 4. The molecule has 4 N–H and O–H groups in total. The highest BCUT2D eigenvalue weighted by Gasteiger charge is 2.70. The maximum absolute atomic E-state index is 13.7. The smallest absolute Gasteiger partial charge is 0.250 e. The van der Waals surface area contributed by atoms with Crippen LogP contribution in [-0.2, 0) is 31.3 Å². The highest BCUT2D eigenvalue weighted by atomic mass is 35.5. The number of imide groups is 1. The summed E-state index contributed by atoms with van der Waals surface area (Å²) >= 11 is 6.26. The normalized spacial score (nSPS) is 28.2. The number of nitrogens with two attached hydrogens (primary N) is 1. The van der Waals surface area contributed by atoms with Crippen LogP contribution in [-0.4, -0.2) is 34.6 Å². The van der Waals surface area contributed by atoms with Gasteiger partial charge in [-0.15, -0.1) is 0 Å². The Balaban J connectivity index is 1.62. The quantitative estimate of drug-likeness (QED) is 0.606. The fourth-order valence-electron chi connectivity index (χ4n) is 5.38. The van der Waals surface area contributed by atoms with Crippen LogP contribution in [0, 0.1) is 18.8 Å². The van der Waals surface area contributed by atoms with Crippen LogP contribution in [0.5, 0.6) is 0 Å². The lowest BCUT2D eigenvalue weighted by molar-refractivity contribution is -0.143. The zero-order valence-electron chi connectivity index (χ0n) is 17.2. The minimum absolute atomic E-state index is 0.00793. The standard InChI is InChI=1S/C23H21ClN4O4/c1-11-5-4-7-13-19(11)26-22(32)23(13)18-17(15(27-23)9-16(25)29)20(30)28(21(18)31)10-12-6-2-3-8-14(12)24/h2-8,15,17-18,27H,9-10H2,1H3,(H2,25,29)(H,26,32). The third-order valence-corrected chi connectivity index (χ3v) is 7.13. The van der Waals surface area contributed by atoms with Gasteiger partial charge in [-0.05, 0) is 24.1 Å². The van der Waals surface area contributed by atoms with Gasteiger partial charge < -0.3 is 11.1 Å². The lowest BCUT2D eigenvalue weighted by Gasteiger charge is -2.29. The van der Waals surface area contributed by atoms with Crippen LogP contribution in [0.1, 0.15) is 23.1 Å². The number of nitrogens with one attached hydrogen (secondary N) is 2. The summed E-state index contributed by atoms with van der Waals surface area (Å²) in [5.41, 5.74) is 6.68. The maximum atomic E-state index is 13.7. The van der Waals surface area contributed by atoms with Gasteiger partial charge in [-0.2, -0.15) is 0 Å². The fourth-order valence-corrected chi connectivity index (χ4v) is 5.58. The number of hydrogen-bond acceptors (Lipinski definition) is 5. The molecule has 0 bridgehead atoms. The molecule has 2 aromatic rings. The number of carbonyl (C=O) groups excluding carboxylic acids is 4. The Kier molecular flexibility index (Phi) is 4.61. The molecule has 0 saturated carbocycles. The summed E-state index contributed by atoms with van der Waals surface area (Å²) in [5.74, 6) is -3.83. The monoisotopic (exact) mass is 452 g/mol. The van der Waals surface area contributed by atoms with E-state index in [0.717, 1.165) is 10.5 Å². The second-order valence-electron chi connectivity index (χ2n) is 8.54. The van der Waals surface area contributed by atoms with E-state index in [1.807, 2.05) is 13.0 Å². The summed E-state index contributed by atoms with van der Waals surface area (Å²) in [6.45, 7) is 1.85. The topological polar surface area (TPSA) is 122 Å². The molecule has 3 aliphatic rings. The van der Waals surface area contributed by atoms with Gasteiger partial charge in [0.1, 0.15) is 5.54 Å². The number of halogens is 1. The largest absolute Gasteiger partial charge is 0.370 e. The molecule has 3 heterocycles. The van der Waals surface area contributed by atoms with Crippen molar-refractivity contribution >= 4 is 40.9 Å². The van der Waals surface area contributed by atoms with E-state index in [2.05, 4.69) is 10.6 Å². The Hall–Kier alpha value is -3.23. The number of benzene rings is 2. The second kappa shape index (κ2) is 7.15. The second-order valence-corrected chi connectivity index (χ2v) is 8.95. The molecule has 0 aliphatic carbocycles. The summed E-state index contributed by atoms with van der Waals surface area (Å²) in [5, 5.41) is 6.49. The molecule has 9 heteroatoms. The van der Waals surface area contributed by atoms with Gasteiger partial charge in [0.15, 0.2) is 0 Å². The van der Waals surface area contributed by atoms with Crippen molar-refractivity contribution in [2.45, 2.75) is 31.5 Å². The third kappa shape index (κ3) is 2.73. The predicted octanol–water partition coefficient (Wildman–Crippen LogP) is 1.44. The molecule has 2 saturated heterocycles. The van der Waals surface area contributed by atoms with E-state index in [0.29, 0.717) is 21.8 Å². The first-order chi connectivity index (χ1) is 15.3. The summed E-state index contributed by atoms with van der Waals surface area (Å²) < 4.78 is 0. The number of likely N-dealkylation sites (tertiary alicyclic amines) is 1. The first-order valence-electron chi connectivity index (χ1n) is 10.3. The molecule has 4 amide bonds. The van der Waals surface area contributed by atoms with E-state index < -0.39 is 47.0 Å². The number of para-hydroxylation sites is 1. The number of primary amides is 1. The van der Waals surface area contributed by atoms with E-state index in [1.54, 1.807) is 36.4 Å². The molecule has 1 spiro atoms. The van der Waals surface area contributed by atoms with E-state index in [1.165, 1.54) is 0 Å². The van der Waals surface area contributed by atoms with Crippen LogP contribution >= 0.6 is 11.6 Å². The Bertz CT molecular complexity index is 1200. The zero-order chi connectivity index (χ0) is 22.8. The molecule has 3 aliphatic heterocycles. The van der Waals surface area contributed by atoms with Crippen LogP contribution < -0.4 is 16.4 Å². The zero-order valence-corrected chi connectivity index (χ0v) is 18.0. The van der Waals surface area contributed by atoms with Gasteiger partial charge in [-0.1, -0.05) is 48.0 Å². The molecule has 2 aromatic carbocycles. The molecule has 2 fully saturated rings. The summed E-state index contributed by atoms with van der Waals surface area (Å²) in [6, 6.07) is 11.6. The van der Waals surface area contributed by atoms with Crippen molar-refractivity contribution in [1.29, 1.82) is 0 Å². The first-order valence-corrected chi connectivity index (χ1v) is 10.7. The average molecular weight is 453 g/mol. The highest BCUT2D eigenvalue weighted by molar-refractivity contribution is 6.31. The van der Waals surface area contributed by atoms with Crippen molar-refractivity contribution in [2.24, 2.45) is 17.6 Å². The SMILES string of the molecule is Cc1cccc2c1NC(=O)C21NC(CC(N)=O)C2C(=O)N(Cc3ccccc3Cl)C(=O)C21. The van der Waals surface area contributed by atoms with Crippen LogP contribution in [0.4, 0.5) is 5.69 Å². The summed E-state index contributed by atoms with van der Waals surface area (Å²) in [7, 11) is 0. The van der Waals surface area contributed by atoms with Crippen molar-refractivity contribution in [1.82, 2.24) is 10.2 Å². The Morgan fingerprint density at radius 3 is 2.59 bits per heavy atom. The highest BCUT2D eigenvalue weighted by Crippen LogP contribution is 2.54. The van der Waals surface area contributed by atoms with Gasteiger partial charge >= 0.3 is 0 Å². The lowest BCUT2D eigenvalue weighted by Crippen LogP contribution is -2.53. The molecule has 0 radical (unpaired) electrons. The van der Waals surface area contributed by atoms with Crippen molar-refractivity contribution in [3.8, 4) is 0 Å².